The Kier molecular flexibility index (Phi) is 1.83. The molecular weight excluding hydrogens is 120 g/mol. The lowest BCUT2D eigenvalue weighted by Crippen LogP contribution is -2.29. The largest absolute Gasteiger partial charge is 0.393 e. The van der Waals surface area contributed by atoms with Crippen molar-refractivity contribution in [3.63, 3.8) is 0 Å². The molecule has 0 heterocycles. The summed E-state index contributed by atoms with van der Waals surface area (Å²) < 4.78 is 0. The molecule has 0 spiro atoms. The fraction of sp³-hybridized carbons (Fsp3) is 0.833. The Morgan fingerprint density at radius 1 is 1.22 bits per heavy atom. The lowest BCUT2D eigenvalue weighted by molar-refractivity contribution is -0.126. The van der Waals surface area contributed by atoms with Gasteiger partial charge in [0.15, 0.2) is 0 Å². The molecule has 0 amide bonds. The molecular formula is C6H10O3. The number of aliphatic hydroxyl groups excluding tert-OH is 2. The summed E-state index contributed by atoms with van der Waals surface area (Å²) in [6.45, 7) is 0. The van der Waals surface area contributed by atoms with E-state index in [1.165, 1.54) is 0 Å². The number of Topliss-reactive ketones (excluding diaryl/α,β-unsaturated/α-hetero) is 1. The third-order valence-corrected chi connectivity index (χ3v) is 1.47. The van der Waals surface area contributed by atoms with Crippen LogP contribution < -0.4 is 0 Å². The van der Waals surface area contributed by atoms with Crippen molar-refractivity contribution in [1.29, 1.82) is 0 Å². The first-order valence-corrected chi connectivity index (χ1v) is 3.06. The Labute approximate surface area is 53.3 Å². The van der Waals surface area contributed by atoms with Crippen LogP contribution in [0.4, 0.5) is 0 Å². The van der Waals surface area contributed by atoms with Crippen molar-refractivity contribution in [3.05, 3.63) is 0 Å². The monoisotopic (exact) mass is 130 g/mol. The van der Waals surface area contributed by atoms with Gasteiger partial charge in [-0.2, -0.15) is 0 Å². The smallest absolute Gasteiger partial charge is 0.138 e. The molecule has 2 atom stereocenters. The second-order valence-corrected chi connectivity index (χ2v) is 2.49. The van der Waals surface area contributed by atoms with Gasteiger partial charge in [-0.15, -0.1) is 0 Å². The molecule has 0 bridgehead atoms. The quantitative estimate of drug-likeness (QED) is 0.463. The number of aliphatic hydroxyl groups is 2. The average Bonchev–Trinajstić information content (AvgIpc) is 1.59. The molecule has 1 rings (SSSR count). The van der Waals surface area contributed by atoms with Crippen molar-refractivity contribution in [2.45, 2.75) is 31.5 Å². The molecule has 0 aliphatic heterocycles. The summed E-state index contributed by atoms with van der Waals surface area (Å²) in [5.74, 6) is -0.0405. The van der Waals surface area contributed by atoms with Crippen molar-refractivity contribution >= 4 is 5.78 Å². The maximum Gasteiger partial charge on any atom is 0.138 e. The summed E-state index contributed by atoms with van der Waals surface area (Å²) in [6.07, 6.45) is -0.428. The highest BCUT2D eigenvalue weighted by Crippen LogP contribution is 2.14. The predicted molar refractivity (Wildman–Crippen MR) is 30.9 cm³/mol. The standard InChI is InChI=1S/C6H10O3/c7-4-1-5(8)3-6(9)2-4/h4-5,7-8H,1-3H2. The molecule has 1 fully saturated rings. The number of hydrogen-bond donors (Lipinski definition) is 2. The van der Waals surface area contributed by atoms with E-state index in [9.17, 15) is 4.79 Å². The molecule has 0 aromatic carbocycles. The molecule has 2 N–H and O–H groups in total. The lowest BCUT2D eigenvalue weighted by Gasteiger charge is -2.19. The number of ketones is 1. The first-order valence-electron chi connectivity index (χ1n) is 3.06. The van der Waals surface area contributed by atoms with Gasteiger partial charge in [-0.25, -0.2) is 0 Å². The molecule has 3 nitrogen and oxygen atoms in total. The Morgan fingerprint density at radius 2 is 1.67 bits per heavy atom. The van der Waals surface area contributed by atoms with Gasteiger partial charge in [0.1, 0.15) is 5.78 Å². The van der Waals surface area contributed by atoms with Crippen molar-refractivity contribution < 1.29 is 15.0 Å². The molecule has 1 aliphatic carbocycles. The Morgan fingerprint density at radius 3 is 2.00 bits per heavy atom. The first-order chi connectivity index (χ1) is 4.18. The van der Waals surface area contributed by atoms with Crippen LogP contribution in [0, 0.1) is 0 Å². The first kappa shape index (κ1) is 6.71. The fourth-order valence-electron chi connectivity index (χ4n) is 1.09. The van der Waals surface area contributed by atoms with Gasteiger partial charge in [0.05, 0.1) is 12.2 Å². The van der Waals surface area contributed by atoms with Gasteiger partial charge in [0.25, 0.3) is 0 Å². The Bertz CT molecular complexity index is 109. The second kappa shape index (κ2) is 2.45. The van der Waals surface area contributed by atoms with Gasteiger partial charge in [0.2, 0.25) is 0 Å². The average molecular weight is 130 g/mol. The molecule has 9 heavy (non-hydrogen) atoms. The molecule has 52 valence electrons. The van der Waals surface area contributed by atoms with Crippen LogP contribution in [0.3, 0.4) is 0 Å². The fourth-order valence-corrected chi connectivity index (χ4v) is 1.09. The third-order valence-electron chi connectivity index (χ3n) is 1.47. The van der Waals surface area contributed by atoms with Crippen LogP contribution in [0.25, 0.3) is 0 Å². The van der Waals surface area contributed by atoms with E-state index in [-0.39, 0.29) is 18.6 Å². The highest BCUT2D eigenvalue weighted by Gasteiger charge is 2.23. The van der Waals surface area contributed by atoms with Crippen molar-refractivity contribution in [1.82, 2.24) is 0 Å². The van der Waals surface area contributed by atoms with Crippen LogP contribution >= 0.6 is 0 Å². The highest BCUT2D eigenvalue weighted by atomic mass is 16.3. The SMILES string of the molecule is O=C1CC(O)CC(O)C1. The zero-order chi connectivity index (χ0) is 6.85. The van der Waals surface area contributed by atoms with Gasteiger partial charge in [-0.3, -0.25) is 4.79 Å². The van der Waals surface area contributed by atoms with Gasteiger partial charge >= 0.3 is 0 Å². The van der Waals surface area contributed by atoms with E-state index in [0.29, 0.717) is 6.42 Å². The van der Waals surface area contributed by atoms with E-state index in [2.05, 4.69) is 0 Å². The normalized spacial score (nSPS) is 36.9. The van der Waals surface area contributed by atoms with Gasteiger partial charge in [-0.1, -0.05) is 0 Å². The molecule has 3 heteroatoms. The lowest BCUT2D eigenvalue weighted by atomic mass is 9.94. The summed E-state index contributed by atoms with van der Waals surface area (Å²) in [4.78, 5) is 10.6. The summed E-state index contributed by atoms with van der Waals surface area (Å²) >= 11 is 0. The van der Waals surface area contributed by atoms with Crippen LogP contribution in [-0.4, -0.2) is 28.2 Å². The number of rotatable bonds is 0. The van der Waals surface area contributed by atoms with E-state index in [4.69, 9.17) is 10.2 Å². The summed E-state index contributed by atoms with van der Waals surface area (Å²) in [6, 6.07) is 0. The van der Waals surface area contributed by atoms with Gasteiger partial charge < -0.3 is 10.2 Å². The van der Waals surface area contributed by atoms with E-state index in [1.807, 2.05) is 0 Å². The Balaban J connectivity index is 2.43. The van der Waals surface area contributed by atoms with Gasteiger partial charge in [0, 0.05) is 19.3 Å². The van der Waals surface area contributed by atoms with Crippen molar-refractivity contribution in [3.8, 4) is 0 Å². The van der Waals surface area contributed by atoms with Crippen molar-refractivity contribution in [2.75, 3.05) is 0 Å². The van der Waals surface area contributed by atoms with Crippen LogP contribution in [0.15, 0.2) is 0 Å². The predicted octanol–water partition coefficient (Wildman–Crippen LogP) is -0.539. The third kappa shape index (κ3) is 1.77. The molecule has 0 aromatic heterocycles. The minimum Gasteiger partial charge on any atom is -0.393 e. The number of carbonyl (C=O) groups is 1. The van der Waals surface area contributed by atoms with Crippen molar-refractivity contribution in [2.24, 2.45) is 0 Å². The molecule has 0 radical (unpaired) electrons. The summed E-state index contributed by atoms with van der Waals surface area (Å²) in [5.41, 5.74) is 0. The van der Waals surface area contributed by atoms with E-state index in [0.717, 1.165) is 0 Å². The number of carbonyl (C=O) groups excluding carboxylic acids is 1. The van der Waals surface area contributed by atoms with Crippen LogP contribution in [0.2, 0.25) is 0 Å². The number of hydrogen-bond acceptors (Lipinski definition) is 3. The zero-order valence-electron chi connectivity index (χ0n) is 5.08. The summed E-state index contributed by atoms with van der Waals surface area (Å²) in [5, 5.41) is 17.7. The second-order valence-electron chi connectivity index (χ2n) is 2.49. The zero-order valence-corrected chi connectivity index (χ0v) is 5.08. The minimum atomic E-state index is -0.610. The molecule has 2 unspecified atom stereocenters. The summed E-state index contributed by atoms with van der Waals surface area (Å²) in [7, 11) is 0. The molecule has 0 saturated heterocycles. The van der Waals surface area contributed by atoms with E-state index in [1.54, 1.807) is 0 Å². The highest BCUT2D eigenvalue weighted by molar-refractivity contribution is 5.80. The maximum atomic E-state index is 10.6. The van der Waals surface area contributed by atoms with Crippen LogP contribution in [0.5, 0.6) is 0 Å². The Hall–Kier alpha value is -0.410. The molecule has 0 aromatic rings. The minimum absolute atomic E-state index is 0.0405. The van der Waals surface area contributed by atoms with Gasteiger partial charge in [-0.05, 0) is 0 Å². The maximum absolute atomic E-state index is 10.6. The van der Waals surface area contributed by atoms with E-state index >= 15 is 0 Å². The topological polar surface area (TPSA) is 57.5 Å². The van der Waals surface area contributed by atoms with Crippen LogP contribution in [0.1, 0.15) is 19.3 Å². The molecule has 1 aliphatic rings. The van der Waals surface area contributed by atoms with E-state index < -0.39 is 12.2 Å². The molecule has 1 saturated carbocycles. The van der Waals surface area contributed by atoms with Crippen LogP contribution in [-0.2, 0) is 4.79 Å².